The number of urea groups is 1. The molecule has 6 heteroatoms. The summed E-state index contributed by atoms with van der Waals surface area (Å²) in [6.45, 7) is 4.51. The van der Waals surface area contributed by atoms with Crippen LogP contribution in [0.4, 0.5) is 4.79 Å². The van der Waals surface area contributed by atoms with Crippen LogP contribution in [0.1, 0.15) is 31.3 Å². The quantitative estimate of drug-likeness (QED) is 0.803. The molecule has 0 aromatic carbocycles. The molecule has 0 saturated heterocycles. The molecule has 0 saturated carbocycles. The largest absolute Gasteiger partial charge is 0.481 e. The Bertz CT molecular complexity index is 456. The minimum absolute atomic E-state index is 0.0456. The number of hydrogen-bond acceptors (Lipinski definition) is 3. The lowest BCUT2D eigenvalue weighted by Gasteiger charge is -2.19. The van der Waals surface area contributed by atoms with Crippen LogP contribution in [0.2, 0.25) is 0 Å². The molecule has 20 heavy (non-hydrogen) atoms. The summed E-state index contributed by atoms with van der Waals surface area (Å²) in [5.41, 5.74) is 0. The molecule has 0 fully saturated rings. The smallest absolute Gasteiger partial charge is 0.317 e. The molecule has 0 radical (unpaired) electrons. The molecule has 0 spiro atoms. The molecular formula is C14H22N2O4. The highest BCUT2D eigenvalue weighted by Gasteiger charge is 2.15. The van der Waals surface area contributed by atoms with Crippen molar-refractivity contribution in [1.29, 1.82) is 0 Å². The number of furan rings is 1. The Morgan fingerprint density at radius 3 is 2.65 bits per heavy atom. The van der Waals surface area contributed by atoms with Crippen molar-refractivity contribution in [2.24, 2.45) is 5.92 Å². The number of amides is 2. The van der Waals surface area contributed by atoms with E-state index in [-0.39, 0.29) is 18.4 Å². The van der Waals surface area contributed by atoms with Crippen LogP contribution in [0.25, 0.3) is 0 Å². The molecule has 2 amide bonds. The molecule has 1 heterocycles. The first-order valence-corrected chi connectivity index (χ1v) is 6.68. The molecule has 6 nitrogen and oxygen atoms in total. The molecule has 0 bridgehead atoms. The van der Waals surface area contributed by atoms with Gasteiger partial charge in [-0.3, -0.25) is 4.79 Å². The minimum atomic E-state index is -0.842. The zero-order valence-corrected chi connectivity index (χ0v) is 12.2. The molecule has 0 aliphatic rings. The molecular weight excluding hydrogens is 260 g/mol. The number of hydrogen-bond donors (Lipinski definition) is 2. The molecule has 2 N–H and O–H groups in total. The number of nitrogens with one attached hydrogen (secondary N) is 1. The van der Waals surface area contributed by atoms with Crippen LogP contribution in [0.3, 0.4) is 0 Å². The summed E-state index contributed by atoms with van der Waals surface area (Å²) in [6.07, 6.45) is 0.783. The molecule has 1 unspecified atom stereocenters. The number of nitrogens with zero attached hydrogens (tertiary/aromatic N) is 1. The predicted molar refractivity (Wildman–Crippen MR) is 74.3 cm³/mol. The second kappa shape index (κ2) is 7.57. The Morgan fingerprint density at radius 2 is 2.15 bits per heavy atom. The van der Waals surface area contributed by atoms with E-state index in [4.69, 9.17) is 9.52 Å². The van der Waals surface area contributed by atoms with Gasteiger partial charge in [0.05, 0.1) is 6.54 Å². The van der Waals surface area contributed by atoms with E-state index in [0.717, 1.165) is 11.5 Å². The van der Waals surface area contributed by atoms with Crippen LogP contribution in [0, 0.1) is 12.8 Å². The number of aliphatic carboxylic acids is 1. The van der Waals surface area contributed by atoms with Gasteiger partial charge in [0, 0.05) is 20.0 Å². The molecule has 0 aliphatic heterocycles. The van der Waals surface area contributed by atoms with Gasteiger partial charge >= 0.3 is 12.0 Å². The van der Waals surface area contributed by atoms with Crippen molar-refractivity contribution >= 4 is 12.0 Å². The fourth-order valence-corrected chi connectivity index (χ4v) is 1.85. The minimum Gasteiger partial charge on any atom is -0.481 e. The molecule has 1 aromatic heterocycles. The number of carbonyl (C=O) groups excluding carboxylic acids is 1. The van der Waals surface area contributed by atoms with Gasteiger partial charge in [0.25, 0.3) is 0 Å². The first-order valence-electron chi connectivity index (χ1n) is 6.68. The van der Waals surface area contributed by atoms with Crippen molar-refractivity contribution in [3.63, 3.8) is 0 Å². The summed E-state index contributed by atoms with van der Waals surface area (Å²) in [5.74, 6) is 0.639. The summed E-state index contributed by atoms with van der Waals surface area (Å²) < 4.78 is 5.40. The number of carboxylic acid groups (broad SMARTS) is 1. The van der Waals surface area contributed by atoms with Crippen LogP contribution in [0.5, 0.6) is 0 Å². The van der Waals surface area contributed by atoms with E-state index in [1.54, 1.807) is 7.05 Å². The van der Waals surface area contributed by atoms with Gasteiger partial charge in [-0.2, -0.15) is 0 Å². The normalized spacial score (nSPS) is 11.9. The van der Waals surface area contributed by atoms with Gasteiger partial charge in [0.2, 0.25) is 0 Å². The maximum atomic E-state index is 11.9. The standard InChI is InChI=1S/C14H22N2O4/c1-4-11(7-13(17)18)8-15-14(19)16(3)9-12-6-5-10(2)20-12/h5-6,11H,4,7-9H2,1-3H3,(H,15,19)(H,17,18). The highest BCUT2D eigenvalue weighted by atomic mass is 16.4. The van der Waals surface area contributed by atoms with Crippen molar-refractivity contribution in [2.75, 3.05) is 13.6 Å². The van der Waals surface area contributed by atoms with E-state index in [9.17, 15) is 9.59 Å². The predicted octanol–water partition coefficient (Wildman–Crippen LogP) is 2.23. The van der Waals surface area contributed by atoms with Gasteiger partial charge < -0.3 is 19.7 Å². The van der Waals surface area contributed by atoms with Gasteiger partial charge in [-0.1, -0.05) is 13.3 Å². The van der Waals surface area contributed by atoms with Crippen LogP contribution < -0.4 is 5.32 Å². The second-order valence-corrected chi connectivity index (χ2v) is 4.93. The van der Waals surface area contributed by atoms with E-state index in [2.05, 4.69) is 5.32 Å². The Labute approximate surface area is 118 Å². The van der Waals surface area contributed by atoms with E-state index < -0.39 is 5.97 Å². The number of carboxylic acids is 1. The van der Waals surface area contributed by atoms with Crippen LogP contribution in [-0.2, 0) is 11.3 Å². The molecule has 0 aliphatic carbocycles. The molecule has 112 valence electrons. The van der Waals surface area contributed by atoms with Crippen LogP contribution >= 0.6 is 0 Å². The molecule has 1 aromatic rings. The lowest BCUT2D eigenvalue weighted by Crippen LogP contribution is -2.39. The average molecular weight is 282 g/mol. The summed E-state index contributed by atoms with van der Waals surface area (Å²) in [5, 5.41) is 11.5. The van der Waals surface area contributed by atoms with Gasteiger partial charge in [-0.05, 0) is 25.0 Å². The van der Waals surface area contributed by atoms with Gasteiger partial charge in [-0.25, -0.2) is 4.79 Å². The van der Waals surface area contributed by atoms with Crippen LogP contribution in [0.15, 0.2) is 16.5 Å². The van der Waals surface area contributed by atoms with Gasteiger partial charge in [0.1, 0.15) is 11.5 Å². The van der Waals surface area contributed by atoms with Crippen molar-refractivity contribution in [1.82, 2.24) is 10.2 Å². The van der Waals surface area contributed by atoms with E-state index in [1.165, 1.54) is 4.90 Å². The molecule has 1 rings (SSSR count). The average Bonchev–Trinajstić information content (AvgIpc) is 2.78. The third-order valence-corrected chi connectivity index (χ3v) is 3.12. The lowest BCUT2D eigenvalue weighted by atomic mass is 10.0. The Balaban J connectivity index is 2.39. The zero-order chi connectivity index (χ0) is 15.1. The highest BCUT2D eigenvalue weighted by Crippen LogP contribution is 2.09. The summed E-state index contributed by atoms with van der Waals surface area (Å²) in [6, 6.07) is 3.45. The topological polar surface area (TPSA) is 82.8 Å². The Morgan fingerprint density at radius 1 is 1.45 bits per heavy atom. The monoisotopic (exact) mass is 282 g/mol. The fourth-order valence-electron chi connectivity index (χ4n) is 1.85. The van der Waals surface area contributed by atoms with Gasteiger partial charge in [-0.15, -0.1) is 0 Å². The summed E-state index contributed by atoms with van der Waals surface area (Å²) in [4.78, 5) is 24.0. The van der Waals surface area contributed by atoms with E-state index in [1.807, 2.05) is 26.0 Å². The first-order chi connectivity index (χ1) is 9.42. The maximum absolute atomic E-state index is 11.9. The van der Waals surface area contributed by atoms with Gasteiger partial charge in [0.15, 0.2) is 0 Å². The summed E-state index contributed by atoms with van der Waals surface area (Å²) in [7, 11) is 1.67. The van der Waals surface area contributed by atoms with E-state index in [0.29, 0.717) is 19.5 Å². The third kappa shape index (κ3) is 5.34. The van der Waals surface area contributed by atoms with E-state index >= 15 is 0 Å². The maximum Gasteiger partial charge on any atom is 0.317 e. The second-order valence-electron chi connectivity index (χ2n) is 4.93. The van der Waals surface area contributed by atoms with Crippen molar-refractivity contribution in [3.05, 3.63) is 23.7 Å². The van der Waals surface area contributed by atoms with Crippen molar-refractivity contribution < 1.29 is 19.1 Å². The lowest BCUT2D eigenvalue weighted by molar-refractivity contribution is -0.138. The third-order valence-electron chi connectivity index (χ3n) is 3.12. The van der Waals surface area contributed by atoms with Crippen molar-refractivity contribution in [2.45, 2.75) is 33.2 Å². The number of rotatable bonds is 7. The number of aryl methyl sites for hydroxylation is 1. The fraction of sp³-hybridized carbons (Fsp3) is 0.571. The first kappa shape index (κ1) is 16.1. The SMILES string of the molecule is CCC(CNC(=O)N(C)Cc1ccc(C)o1)CC(=O)O. The Kier molecular flexibility index (Phi) is 6.09. The Hall–Kier alpha value is -1.98. The summed E-state index contributed by atoms with van der Waals surface area (Å²) >= 11 is 0. The molecule has 1 atom stereocenters. The number of carbonyl (C=O) groups is 2. The highest BCUT2D eigenvalue weighted by molar-refractivity contribution is 5.74. The van der Waals surface area contributed by atoms with Crippen molar-refractivity contribution in [3.8, 4) is 0 Å². The van der Waals surface area contributed by atoms with Crippen LogP contribution in [-0.4, -0.2) is 35.6 Å². The zero-order valence-electron chi connectivity index (χ0n) is 12.2.